The predicted molar refractivity (Wildman–Crippen MR) is 133 cm³/mol. The quantitative estimate of drug-likeness (QED) is 0.234. The molecule has 0 aliphatic heterocycles. The molecule has 11 nitrogen and oxygen atoms in total. The third-order valence-electron chi connectivity index (χ3n) is 5.90. The number of aromatic nitrogens is 3. The number of ether oxygens (including phenoxy) is 1. The summed E-state index contributed by atoms with van der Waals surface area (Å²) in [6.45, 7) is 7.40. The van der Waals surface area contributed by atoms with Gasteiger partial charge in [-0.2, -0.15) is 0 Å². The Morgan fingerprint density at radius 1 is 1.06 bits per heavy atom. The highest BCUT2D eigenvalue weighted by molar-refractivity contribution is 6.03. The Hall–Kier alpha value is -3.63. The van der Waals surface area contributed by atoms with Gasteiger partial charge in [0.1, 0.15) is 5.82 Å². The minimum absolute atomic E-state index is 0.0858. The highest BCUT2D eigenvalue weighted by atomic mass is 16.5. The molecule has 0 saturated carbocycles. The second-order valence-electron chi connectivity index (χ2n) is 8.45. The van der Waals surface area contributed by atoms with Crippen LogP contribution in [0, 0.1) is 6.92 Å². The van der Waals surface area contributed by atoms with Gasteiger partial charge in [-0.1, -0.05) is 33.1 Å². The molecule has 0 aliphatic carbocycles. The van der Waals surface area contributed by atoms with E-state index in [1.54, 1.807) is 6.92 Å². The Morgan fingerprint density at radius 2 is 1.71 bits per heavy atom. The van der Waals surface area contributed by atoms with Crippen LogP contribution in [0.15, 0.2) is 9.59 Å². The van der Waals surface area contributed by atoms with E-state index in [2.05, 4.69) is 9.97 Å². The predicted octanol–water partition coefficient (Wildman–Crippen LogP) is 2.31. The third-order valence-corrected chi connectivity index (χ3v) is 5.90. The van der Waals surface area contributed by atoms with Crippen LogP contribution in [0.3, 0.4) is 0 Å². The zero-order chi connectivity index (χ0) is 26.3. The van der Waals surface area contributed by atoms with Crippen molar-refractivity contribution in [3.63, 3.8) is 0 Å². The minimum atomic E-state index is -0.759. The average Bonchev–Trinajstić information content (AvgIpc) is 3.13. The molecule has 0 atom stereocenters. The van der Waals surface area contributed by atoms with E-state index in [9.17, 15) is 24.0 Å². The molecule has 192 valence electrons. The molecule has 2 heterocycles. The molecule has 0 fully saturated rings. The van der Waals surface area contributed by atoms with E-state index in [1.807, 2.05) is 13.8 Å². The number of aromatic amines is 2. The number of esters is 1. The summed E-state index contributed by atoms with van der Waals surface area (Å²) in [4.78, 5) is 69.6. The third kappa shape index (κ3) is 6.09. The monoisotopic (exact) mass is 489 g/mol. The molecule has 0 aromatic carbocycles. The van der Waals surface area contributed by atoms with Crippen LogP contribution in [0.2, 0.25) is 0 Å². The number of Topliss-reactive ketones (excluding diaryl/α,β-unsaturated/α-hetero) is 1. The first-order valence-electron chi connectivity index (χ1n) is 11.8. The summed E-state index contributed by atoms with van der Waals surface area (Å²) >= 11 is 0. The molecule has 11 heteroatoms. The largest absolute Gasteiger partial charge is 0.465 e. The molecule has 0 spiro atoms. The summed E-state index contributed by atoms with van der Waals surface area (Å²) in [5, 5.41) is 0. The standard InChI is InChI=1S/C24H35N5O6/c1-6-8-10-12-28(20-21(25)29(11-9-7-2)24(34)27-22(20)32)17(31)13-16-18(23(33)35-5)14(3)19(26-16)15(4)30/h26H,6-13,25H2,1-5H3,(H,27,32,34). The van der Waals surface area contributed by atoms with Gasteiger partial charge in [-0.05, 0) is 25.3 Å². The van der Waals surface area contributed by atoms with Crippen molar-refractivity contribution < 1.29 is 19.1 Å². The van der Waals surface area contributed by atoms with Crippen LogP contribution >= 0.6 is 0 Å². The number of unbranched alkanes of at least 4 members (excludes halogenated alkanes) is 3. The fourth-order valence-corrected chi connectivity index (χ4v) is 4.03. The van der Waals surface area contributed by atoms with E-state index in [0.717, 1.165) is 19.3 Å². The number of nitrogens with zero attached hydrogens (tertiary/aromatic N) is 2. The number of amides is 1. The molecule has 1 amide bonds. The lowest BCUT2D eigenvalue weighted by atomic mass is 10.1. The highest BCUT2D eigenvalue weighted by Crippen LogP contribution is 2.24. The zero-order valence-electron chi connectivity index (χ0n) is 21.1. The molecular formula is C24H35N5O6. The van der Waals surface area contributed by atoms with E-state index >= 15 is 0 Å². The van der Waals surface area contributed by atoms with Crippen LogP contribution in [0.1, 0.15) is 85.0 Å². The fourth-order valence-electron chi connectivity index (χ4n) is 4.03. The number of nitrogens with one attached hydrogen (secondary N) is 2. The first-order chi connectivity index (χ1) is 16.6. The first-order valence-corrected chi connectivity index (χ1v) is 11.8. The van der Waals surface area contributed by atoms with Gasteiger partial charge in [0, 0.05) is 25.7 Å². The molecule has 0 bridgehead atoms. The van der Waals surface area contributed by atoms with E-state index < -0.39 is 23.1 Å². The lowest BCUT2D eigenvalue weighted by Gasteiger charge is -2.24. The maximum absolute atomic E-state index is 13.5. The number of rotatable bonds is 12. The number of methoxy groups -OCH3 is 1. The van der Waals surface area contributed by atoms with Crippen LogP contribution < -0.4 is 21.9 Å². The zero-order valence-corrected chi connectivity index (χ0v) is 21.1. The molecule has 2 aromatic rings. The van der Waals surface area contributed by atoms with Crippen molar-refractivity contribution in [3.8, 4) is 0 Å². The Labute approximate surface area is 203 Å². The van der Waals surface area contributed by atoms with Gasteiger partial charge in [0.25, 0.3) is 5.56 Å². The van der Waals surface area contributed by atoms with Gasteiger partial charge in [0.15, 0.2) is 11.5 Å². The number of carbonyl (C=O) groups is 3. The molecule has 0 radical (unpaired) electrons. The van der Waals surface area contributed by atoms with E-state index in [0.29, 0.717) is 24.9 Å². The van der Waals surface area contributed by atoms with Crippen LogP contribution in [-0.2, 0) is 22.5 Å². The van der Waals surface area contributed by atoms with Crippen LogP contribution in [0.4, 0.5) is 11.5 Å². The van der Waals surface area contributed by atoms with E-state index in [4.69, 9.17) is 10.5 Å². The molecule has 35 heavy (non-hydrogen) atoms. The van der Waals surface area contributed by atoms with Crippen molar-refractivity contribution in [2.75, 3.05) is 24.3 Å². The van der Waals surface area contributed by atoms with Crippen molar-refractivity contribution in [1.82, 2.24) is 14.5 Å². The number of hydrogen-bond acceptors (Lipinski definition) is 7. The summed E-state index contributed by atoms with van der Waals surface area (Å²) in [5.74, 6) is -1.58. The van der Waals surface area contributed by atoms with Crippen molar-refractivity contribution in [3.05, 3.63) is 43.4 Å². The van der Waals surface area contributed by atoms with Crippen LogP contribution in [-0.4, -0.2) is 45.8 Å². The molecule has 2 aromatic heterocycles. The Balaban J connectivity index is 2.59. The molecule has 0 aliphatic rings. The second kappa shape index (κ2) is 12.2. The Bertz CT molecular complexity index is 1210. The number of ketones is 1. The maximum Gasteiger partial charge on any atom is 0.339 e. The fraction of sp³-hybridized carbons (Fsp3) is 0.542. The molecular weight excluding hydrogens is 454 g/mol. The van der Waals surface area contributed by atoms with Gasteiger partial charge in [-0.3, -0.25) is 23.9 Å². The van der Waals surface area contributed by atoms with E-state index in [1.165, 1.54) is 23.5 Å². The van der Waals surface area contributed by atoms with Gasteiger partial charge < -0.3 is 20.4 Å². The average molecular weight is 490 g/mol. The lowest BCUT2D eigenvalue weighted by Crippen LogP contribution is -2.42. The topological polar surface area (TPSA) is 160 Å². The van der Waals surface area contributed by atoms with Crippen LogP contribution in [0.5, 0.6) is 0 Å². The van der Waals surface area contributed by atoms with Crippen molar-refractivity contribution in [2.45, 2.75) is 72.8 Å². The maximum atomic E-state index is 13.5. The van der Waals surface area contributed by atoms with Gasteiger partial charge in [-0.25, -0.2) is 9.59 Å². The van der Waals surface area contributed by atoms with Gasteiger partial charge in [0.05, 0.1) is 24.8 Å². The summed E-state index contributed by atoms with van der Waals surface area (Å²) in [5.41, 5.74) is 5.66. The number of H-pyrrole nitrogens is 2. The normalized spacial score (nSPS) is 10.9. The molecule has 4 N–H and O–H groups in total. The van der Waals surface area contributed by atoms with Gasteiger partial charge >= 0.3 is 11.7 Å². The Morgan fingerprint density at radius 3 is 2.29 bits per heavy atom. The van der Waals surface area contributed by atoms with Gasteiger partial charge in [0.2, 0.25) is 5.91 Å². The summed E-state index contributed by atoms with van der Waals surface area (Å²) in [6.07, 6.45) is 3.45. The first kappa shape index (κ1) is 27.6. The van der Waals surface area contributed by atoms with Crippen LogP contribution in [0.25, 0.3) is 0 Å². The number of nitrogen functional groups attached to an aromatic ring is 1. The van der Waals surface area contributed by atoms with Crippen molar-refractivity contribution >= 4 is 29.2 Å². The molecule has 0 unspecified atom stereocenters. The molecule has 2 rings (SSSR count). The smallest absolute Gasteiger partial charge is 0.339 e. The summed E-state index contributed by atoms with van der Waals surface area (Å²) in [7, 11) is 1.21. The Kier molecular flexibility index (Phi) is 9.61. The SMILES string of the molecule is CCCCCN(C(=O)Cc1[nH]c(C(C)=O)c(C)c1C(=O)OC)c1c(N)n(CCCC)c(=O)[nH]c1=O. The van der Waals surface area contributed by atoms with Crippen molar-refractivity contribution in [1.29, 1.82) is 0 Å². The number of anilines is 2. The number of nitrogens with two attached hydrogens (primary N) is 1. The summed E-state index contributed by atoms with van der Waals surface area (Å²) < 4.78 is 6.11. The molecule has 0 saturated heterocycles. The minimum Gasteiger partial charge on any atom is -0.465 e. The van der Waals surface area contributed by atoms with E-state index in [-0.39, 0.29) is 47.2 Å². The van der Waals surface area contributed by atoms with Gasteiger partial charge in [-0.15, -0.1) is 0 Å². The highest BCUT2D eigenvalue weighted by Gasteiger charge is 2.28. The lowest BCUT2D eigenvalue weighted by molar-refractivity contribution is -0.118. The number of hydrogen-bond donors (Lipinski definition) is 3. The number of carbonyl (C=O) groups excluding carboxylic acids is 3. The van der Waals surface area contributed by atoms with Crippen molar-refractivity contribution in [2.24, 2.45) is 0 Å². The summed E-state index contributed by atoms with van der Waals surface area (Å²) in [6, 6.07) is 0. The second-order valence-corrected chi connectivity index (χ2v) is 8.45.